The minimum atomic E-state index is -0.925. The van der Waals surface area contributed by atoms with Crippen molar-refractivity contribution in [3.05, 3.63) is 77.2 Å². The first-order chi connectivity index (χ1) is 19.5. The number of carbonyl (C=O) groups excluding carboxylic acids is 2. The van der Waals surface area contributed by atoms with Crippen molar-refractivity contribution in [2.75, 3.05) is 31.5 Å². The molecule has 0 spiro atoms. The van der Waals surface area contributed by atoms with Crippen molar-refractivity contribution in [1.82, 2.24) is 25.0 Å². The van der Waals surface area contributed by atoms with Gasteiger partial charge in [0.25, 0.3) is 11.8 Å². The summed E-state index contributed by atoms with van der Waals surface area (Å²) in [6, 6.07) is 11.2. The normalized spacial score (nSPS) is 16.0. The van der Waals surface area contributed by atoms with Crippen LogP contribution in [0.3, 0.4) is 0 Å². The molecule has 2 aromatic carbocycles. The second kappa shape index (κ2) is 11.1. The van der Waals surface area contributed by atoms with E-state index in [1.54, 1.807) is 41.3 Å². The molecule has 10 heteroatoms. The number of pyridine rings is 1. The zero-order valence-electron chi connectivity index (χ0n) is 22.1. The number of aromatic amines is 1. The maximum absolute atomic E-state index is 15.0. The van der Waals surface area contributed by atoms with Crippen LogP contribution >= 0.6 is 0 Å². The Balaban J connectivity index is 1.23. The predicted octanol–water partition coefficient (Wildman–Crippen LogP) is 5.38. The number of H-pyrrole nitrogens is 1. The number of nitrogens with zero attached hydrogens (tertiary/aromatic N) is 4. The number of benzene rings is 2. The summed E-state index contributed by atoms with van der Waals surface area (Å²) >= 11 is 0. The Morgan fingerprint density at radius 2 is 1.70 bits per heavy atom. The van der Waals surface area contributed by atoms with Crippen LogP contribution in [0.4, 0.5) is 14.5 Å². The average Bonchev–Trinajstić information content (AvgIpc) is 3.66. The number of fused-ring (bicyclic) bond motifs is 1. The van der Waals surface area contributed by atoms with Gasteiger partial charge in [0, 0.05) is 30.6 Å². The van der Waals surface area contributed by atoms with E-state index >= 15 is 0 Å². The summed E-state index contributed by atoms with van der Waals surface area (Å²) in [6.07, 6.45) is 6.83. The van der Waals surface area contributed by atoms with Crippen LogP contribution < -0.4 is 5.32 Å². The first-order valence-corrected chi connectivity index (χ1v) is 13.7. The van der Waals surface area contributed by atoms with E-state index < -0.39 is 17.5 Å². The Kier molecular flexibility index (Phi) is 7.25. The first-order valence-electron chi connectivity index (χ1n) is 13.7. The van der Waals surface area contributed by atoms with Crippen LogP contribution in [0.2, 0.25) is 0 Å². The van der Waals surface area contributed by atoms with Crippen molar-refractivity contribution in [1.29, 1.82) is 0 Å². The van der Waals surface area contributed by atoms with Crippen molar-refractivity contribution in [3.8, 4) is 11.1 Å². The average molecular weight is 545 g/mol. The molecule has 4 aromatic rings. The number of hydrogen-bond donors (Lipinski definition) is 2. The maximum Gasteiger partial charge on any atom is 0.276 e. The van der Waals surface area contributed by atoms with Crippen molar-refractivity contribution >= 4 is 28.4 Å². The van der Waals surface area contributed by atoms with Gasteiger partial charge >= 0.3 is 0 Å². The molecule has 8 nitrogen and oxygen atoms in total. The third-order valence-corrected chi connectivity index (χ3v) is 7.67. The van der Waals surface area contributed by atoms with Crippen molar-refractivity contribution in [3.63, 3.8) is 0 Å². The van der Waals surface area contributed by atoms with Gasteiger partial charge in [-0.15, -0.1) is 0 Å². The monoisotopic (exact) mass is 544 g/mol. The topological polar surface area (TPSA) is 94.2 Å². The van der Waals surface area contributed by atoms with Crippen LogP contribution in [-0.4, -0.2) is 63.0 Å². The number of rotatable bonds is 6. The molecule has 206 valence electrons. The molecule has 2 fully saturated rings. The van der Waals surface area contributed by atoms with Gasteiger partial charge in [0.1, 0.15) is 5.69 Å². The molecular formula is C30H30F2N6O2. The lowest BCUT2D eigenvalue weighted by molar-refractivity contribution is 0.0787. The molecule has 2 N–H and O–H groups in total. The van der Waals surface area contributed by atoms with Gasteiger partial charge in [-0.05, 0) is 86.3 Å². The smallest absolute Gasteiger partial charge is 0.276 e. The zero-order valence-corrected chi connectivity index (χ0v) is 22.1. The third kappa shape index (κ3) is 5.31. The second-order valence-electron chi connectivity index (χ2n) is 10.5. The van der Waals surface area contributed by atoms with Crippen LogP contribution in [-0.2, 0) is 6.54 Å². The summed E-state index contributed by atoms with van der Waals surface area (Å²) < 4.78 is 29.6. The molecule has 2 saturated heterocycles. The molecule has 0 saturated carbocycles. The number of anilines is 1. The lowest BCUT2D eigenvalue weighted by atomic mass is 9.99. The molecule has 2 aliphatic heterocycles. The molecule has 4 heterocycles. The lowest BCUT2D eigenvalue weighted by Crippen LogP contribution is -2.29. The van der Waals surface area contributed by atoms with Crippen LogP contribution in [0.1, 0.15) is 58.6 Å². The molecule has 0 bridgehead atoms. The summed E-state index contributed by atoms with van der Waals surface area (Å²) in [5.41, 5.74) is 2.74. The minimum absolute atomic E-state index is 0.111. The van der Waals surface area contributed by atoms with Crippen molar-refractivity contribution in [2.24, 2.45) is 0 Å². The Labute approximate surface area is 230 Å². The fourth-order valence-corrected chi connectivity index (χ4v) is 5.54. The van der Waals surface area contributed by atoms with Crippen LogP contribution in [0, 0.1) is 11.6 Å². The quantitative estimate of drug-likeness (QED) is 0.340. The number of halogens is 2. The van der Waals surface area contributed by atoms with E-state index in [9.17, 15) is 18.4 Å². The van der Waals surface area contributed by atoms with E-state index in [0.717, 1.165) is 51.9 Å². The van der Waals surface area contributed by atoms with Crippen LogP contribution in [0.25, 0.3) is 22.0 Å². The summed E-state index contributed by atoms with van der Waals surface area (Å²) in [4.78, 5) is 33.9. The Hall–Kier alpha value is -4.18. The van der Waals surface area contributed by atoms with Gasteiger partial charge in [0.05, 0.1) is 17.4 Å². The number of nitrogens with one attached hydrogen (secondary N) is 2. The number of piperidine rings is 1. The molecule has 2 amide bonds. The number of hydrogen-bond acceptors (Lipinski definition) is 5. The first kappa shape index (κ1) is 26.1. The SMILES string of the molecule is O=C(Nc1ccc(C(=O)N2CCCC2)nc1)c1n[nH]c2ccc(-c3cc(CN4CCCCC4)cc(F)c3F)cc12. The second-order valence-corrected chi connectivity index (χ2v) is 10.5. The molecule has 0 aliphatic carbocycles. The molecule has 6 rings (SSSR count). The Bertz CT molecular complexity index is 1560. The third-order valence-electron chi connectivity index (χ3n) is 7.67. The van der Waals surface area contributed by atoms with E-state index in [-0.39, 0.29) is 17.2 Å². The number of aromatic nitrogens is 3. The van der Waals surface area contributed by atoms with Gasteiger partial charge in [-0.1, -0.05) is 12.5 Å². The van der Waals surface area contributed by atoms with E-state index in [1.807, 2.05) is 0 Å². The van der Waals surface area contributed by atoms with Gasteiger partial charge in [-0.3, -0.25) is 19.6 Å². The van der Waals surface area contributed by atoms with Gasteiger partial charge in [0.15, 0.2) is 17.3 Å². The van der Waals surface area contributed by atoms with Gasteiger partial charge < -0.3 is 10.2 Å². The molecule has 0 radical (unpaired) electrons. The van der Waals surface area contributed by atoms with Crippen LogP contribution in [0.5, 0.6) is 0 Å². The van der Waals surface area contributed by atoms with Crippen molar-refractivity contribution in [2.45, 2.75) is 38.6 Å². The van der Waals surface area contributed by atoms with E-state index in [2.05, 4.69) is 25.4 Å². The highest BCUT2D eigenvalue weighted by atomic mass is 19.2. The zero-order chi connectivity index (χ0) is 27.6. The predicted molar refractivity (Wildman–Crippen MR) is 148 cm³/mol. The summed E-state index contributed by atoms with van der Waals surface area (Å²) in [6.45, 7) is 3.91. The summed E-state index contributed by atoms with van der Waals surface area (Å²) in [7, 11) is 0. The van der Waals surface area contributed by atoms with Gasteiger partial charge in [-0.2, -0.15) is 5.10 Å². The number of likely N-dealkylation sites (tertiary alicyclic amines) is 2. The highest BCUT2D eigenvalue weighted by molar-refractivity contribution is 6.11. The van der Waals surface area contributed by atoms with E-state index in [0.29, 0.717) is 40.0 Å². The molecular weight excluding hydrogens is 514 g/mol. The molecule has 2 aliphatic rings. The summed E-state index contributed by atoms with van der Waals surface area (Å²) in [5.74, 6) is -2.43. The minimum Gasteiger partial charge on any atom is -0.337 e. The standard InChI is InChI=1S/C30H30F2N6O2/c31-24-15-19(18-37-10-2-1-3-11-37)14-22(27(24)32)20-6-8-25-23(16-20)28(36-35-25)29(39)34-21-7-9-26(33-17-21)30(40)38-12-4-5-13-38/h6-9,14-17H,1-5,10-13,18H2,(H,34,39)(H,35,36). The highest BCUT2D eigenvalue weighted by Crippen LogP contribution is 2.30. The maximum atomic E-state index is 15.0. The largest absolute Gasteiger partial charge is 0.337 e. The van der Waals surface area contributed by atoms with Crippen LogP contribution in [0.15, 0.2) is 48.7 Å². The molecule has 2 aromatic heterocycles. The van der Waals surface area contributed by atoms with E-state index in [1.165, 1.54) is 18.7 Å². The van der Waals surface area contributed by atoms with Gasteiger partial charge in [0.2, 0.25) is 0 Å². The number of amides is 2. The number of carbonyl (C=O) groups is 2. The molecule has 0 atom stereocenters. The Morgan fingerprint density at radius 1 is 0.925 bits per heavy atom. The molecule has 40 heavy (non-hydrogen) atoms. The van der Waals surface area contributed by atoms with Gasteiger partial charge in [-0.25, -0.2) is 13.8 Å². The Morgan fingerprint density at radius 3 is 2.45 bits per heavy atom. The fourth-order valence-electron chi connectivity index (χ4n) is 5.54. The highest BCUT2D eigenvalue weighted by Gasteiger charge is 2.22. The molecule has 0 unspecified atom stereocenters. The fraction of sp³-hybridized carbons (Fsp3) is 0.333. The lowest BCUT2D eigenvalue weighted by Gasteiger charge is -2.26. The van der Waals surface area contributed by atoms with Crippen molar-refractivity contribution < 1.29 is 18.4 Å². The van der Waals surface area contributed by atoms with E-state index in [4.69, 9.17) is 0 Å². The summed E-state index contributed by atoms with van der Waals surface area (Å²) in [5, 5.41) is 10.2.